The van der Waals surface area contributed by atoms with Crippen molar-refractivity contribution in [2.75, 3.05) is 34.2 Å². The third kappa shape index (κ3) is 4.26. The van der Waals surface area contributed by atoms with E-state index in [1.165, 1.54) is 19.2 Å². The molecule has 0 saturated carbocycles. The van der Waals surface area contributed by atoms with Crippen molar-refractivity contribution in [3.8, 4) is 28.7 Å². The average Bonchev–Trinajstić information content (AvgIpc) is 3.61. The standard InChI is InChI=1S/C29H32O13/c1-11-36-9-20-27(40-11)24(31)25(32)29(41-20)42-26-14-7-17-16(38-10-39-17)6-13(14)21(22-15(26)8-37-28(22)33)12-4-18(34-2)23(30)19(5-12)35-3/h4-7,11,15,20-22,24-27,29-32H,8-10H2,1-3H3/t11?,15?,20?,21-,22+,24-,25+,26?,27-,29+/m1/s1/i2D3. The first-order chi connectivity index (χ1) is 21.4. The summed E-state index contributed by atoms with van der Waals surface area (Å²) in [6, 6.07) is 6.27. The molecular weight excluding hydrogens is 556 g/mol. The van der Waals surface area contributed by atoms with Crippen LogP contribution in [0.3, 0.4) is 0 Å². The number of hydrogen-bond donors (Lipinski definition) is 3. The average molecular weight is 592 g/mol. The van der Waals surface area contributed by atoms with Crippen LogP contribution in [-0.2, 0) is 28.5 Å². The number of aliphatic hydroxyl groups excluding tert-OH is 2. The van der Waals surface area contributed by atoms with Gasteiger partial charge in [-0.25, -0.2) is 0 Å². The molecule has 13 heteroatoms. The summed E-state index contributed by atoms with van der Waals surface area (Å²) in [5.41, 5.74) is 1.51. The number of methoxy groups -OCH3 is 2. The van der Waals surface area contributed by atoms with Gasteiger partial charge in [0.25, 0.3) is 0 Å². The van der Waals surface area contributed by atoms with E-state index < -0.39 is 79.6 Å². The van der Waals surface area contributed by atoms with Crippen molar-refractivity contribution in [1.82, 2.24) is 0 Å². The van der Waals surface area contributed by atoms with E-state index in [2.05, 4.69) is 0 Å². The molecule has 0 radical (unpaired) electrons. The van der Waals surface area contributed by atoms with Gasteiger partial charge in [0, 0.05) is 11.8 Å². The Morgan fingerprint density at radius 3 is 2.43 bits per heavy atom. The lowest BCUT2D eigenvalue weighted by Crippen LogP contribution is -2.63. The van der Waals surface area contributed by atoms with Crippen LogP contribution >= 0.6 is 0 Å². The van der Waals surface area contributed by atoms with Crippen molar-refractivity contribution in [3.05, 3.63) is 41.0 Å². The molecule has 3 fully saturated rings. The van der Waals surface area contributed by atoms with E-state index >= 15 is 0 Å². The molecule has 0 spiro atoms. The minimum Gasteiger partial charge on any atom is -0.502 e. The smallest absolute Gasteiger partial charge is 0.310 e. The first-order valence-electron chi connectivity index (χ1n) is 15.1. The number of ether oxygens (including phenoxy) is 9. The fourth-order valence-corrected chi connectivity index (χ4v) is 6.66. The van der Waals surface area contributed by atoms with Crippen molar-refractivity contribution < 1.29 is 66.9 Å². The molecule has 7 rings (SSSR count). The summed E-state index contributed by atoms with van der Waals surface area (Å²) in [7, 11) is -1.58. The van der Waals surface area contributed by atoms with E-state index in [1.54, 1.807) is 19.1 Å². The molecule has 0 amide bonds. The first kappa shape index (κ1) is 24.1. The molecular formula is C29H32O13. The van der Waals surface area contributed by atoms with Crippen LogP contribution in [0.15, 0.2) is 24.3 Å². The van der Waals surface area contributed by atoms with Gasteiger partial charge in [-0.2, -0.15) is 0 Å². The molecule has 3 saturated heterocycles. The summed E-state index contributed by atoms with van der Waals surface area (Å²) in [5, 5.41) is 32.7. The molecule has 1 aliphatic carbocycles. The maximum absolute atomic E-state index is 13.5. The fraction of sp³-hybridized carbons (Fsp3) is 0.552. The number of esters is 1. The van der Waals surface area contributed by atoms with E-state index in [0.29, 0.717) is 28.2 Å². The maximum atomic E-state index is 13.5. The predicted octanol–water partition coefficient (Wildman–Crippen LogP) is 1.34. The Kier molecular flexibility index (Phi) is 6.00. The molecule has 5 aliphatic rings. The minimum absolute atomic E-state index is 0.0367. The summed E-state index contributed by atoms with van der Waals surface area (Å²) in [4.78, 5) is 13.5. The molecule has 42 heavy (non-hydrogen) atoms. The second-order valence-corrected chi connectivity index (χ2v) is 10.9. The van der Waals surface area contributed by atoms with Gasteiger partial charge in [-0.05, 0) is 47.9 Å². The summed E-state index contributed by atoms with van der Waals surface area (Å²) < 4.78 is 73.7. The molecule has 4 aliphatic heterocycles. The lowest BCUT2D eigenvalue weighted by Gasteiger charge is -2.47. The van der Waals surface area contributed by atoms with E-state index in [0.717, 1.165) is 0 Å². The van der Waals surface area contributed by atoms with Gasteiger partial charge in [0.1, 0.15) is 24.4 Å². The molecule has 2 aromatic carbocycles. The minimum atomic E-state index is -2.89. The Morgan fingerprint density at radius 2 is 1.69 bits per heavy atom. The van der Waals surface area contributed by atoms with Crippen LogP contribution in [0.25, 0.3) is 0 Å². The third-order valence-corrected chi connectivity index (χ3v) is 8.64. The van der Waals surface area contributed by atoms with Crippen LogP contribution in [0.5, 0.6) is 28.7 Å². The Morgan fingerprint density at radius 1 is 0.952 bits per heavy atom. The number of carbonyl (C=O) groups excluding carboxylic acids is 1. The zero-order chi connectivity index (χ0) is 31.8. The number of aliphatic hydroxyl groups is 2. The van der Waals surface area contributed by atoms with Crippen molar-refractivity contribution in [3.63, 3.8) is 0 Å². The van der Waals surface area contributed by atoms with Gasteiger partial charge in [0.2, 0.25) is 12.5 Å². The maximum Gasteiger partial charge on any atom is 0.310 e. The molecule has 10 atom stereocenters. The zero-order valence-electron chi connectivity index (χ0n) is 25.6. The van der Waals surface area contributed by atoms with E-state index in [-0.39, 0.29) is 31.5 Å². The lowest BCUT2D eigenvalue weighted by molar-refractivity contribution is -0.364. The largest absolute Gasteiger partial charge is 0.502 e. The number of carbonyl (C=O) groups is 1. The quantitative estimate of drug-likeness (QED) is 0.428. The molecule has 4 unspecified atom stereocenters. The highest BCUT2D eigenvalue weighted by Gasteiger charge is 2.56. The second kappa shape index (κ2) is 10.4. The van der Waals surface area contributed by atoms with Gasteiger partial charge in [-0.3, -0.25) is 4.79 Å². The molecule has 226 valence electrons. The van der Waals surface area contributed by atoms with Crippen LogP contribution in [-0.4, -0.2) is 92.4 Å². The molecule has 0 bridgehead atoms. The number of phenols is 1. The highest BCUT2D eigenvalue weighted by Crippen LogP contribution is 2.57. The van der Waals surface area contributed by atoms with Gasteiger partial charge in [-0.1, -0.05) is 0 Å². The third-order valence-electron chi connectivity index (χ3n) is 8.64. The van der Waals surface area contributed by atoms with E-state index in [9.17, 15) is 20.1 Å². The van der Waals surface area contributed by atoms with Gasteiger partial charge in [0.15, 0.2) is 35.6 Å². The Hall–Kier alpha value is -3.33. The van der Waals surface area contributed by atoms with Gasteiger partial charge >= 0.3 is 5.97 Å². The van der Waals surface area contributed by atoms with Gasteiger partial charge in [0.05, 0.1) is 43.5 Å². The number of rotatable bonds is 5. The number of fused-ring (bicyclic) bond motifs is 4. The fourth-order valence-electron chi connectivity index (χ4n) is 6.66. The topological polar surface area (TPSA) is 161 Å². The molecule has 13 nitrogen and oxygen atoms in total. The number of benzene rings is 2. The Balaban J connectivity index is 1.32. The monoisotopic (exact) mass is 591 g/mol. The number of hydrogen-bond acceptors (Lipinski definition) is 13. The van der Waals surface area contributed by atoms with Crippen molar-refractivity contribution in [1.29, 1.82) is 0 Å². The number of phenolic OH excluding ortho intramolecular Hbond substituents is 1. The van der Waals surface area contributed by atoms with Crippen LogP contribution in [0.1, 0.15) is 39.7 Å². The predicted molar refractivity (Wildman–Crippen MR) is 138 cm³/mol. The number of aromatic hydroxyl groups is 1. The summed E-state index contributed by atoms with van der Waals surface area (Å²) in [6.07, 6.45) is -7.21. The van der Waals surface area contributed by atoms with Crippen molar-refractivity contribution >= 4 is 5.97 Å². The summed E-state index contributed by atoms with van der Waals surface area (Å²) >= 11 is 0. The highest BCUT2D eigenvalue weighted by molar-refractivity contribution is 5.79. The second-order valence-electron chi connectivity index (χ2n) is 10.9. The van der Waals surface area contributed by atoms with E-state index in [1.807, 2.05) is 0 Å². The molecule has 3 N–H and O–H groups in total. The van der Waals surface area contributed by atoms with Crippen LogP contribution in [0, 0.1) is 11.8 Å². The van der Waals surface area contributed by atoms with Crippen molar-refractivity contribution in [2.45, 2.75) is 55.9 Å². The van der Waals surface area contributed by atoms with Gasteiger partial charge < -0.3 is 58.0 Å². The van der Waals surface area contributed by atoms with Crippen molar-refractivity contribution in [2.24, 2.45) is 11.8 Å². The van der Waals surface area contributed by atoms with Crippen LogP contribution < -0.4 is 18.9 Å². The highest BCUT2D eigenvalue weighted by atomic mass is 16.8. The zero-order valence-corrected chi connectivity index (χ0v) is 22.6. The summed E-state index contributed by atoms with van der Waals surface area (Å²) in [6.45, 7) is 1.70. The number of cyclic esters (lactones) is 1. The van der Waals surface area contributed by atoms with Crippen LogP contribution in [0.4, 0.5) is 0 Å². The molecule has 2 aromatic rings. The first-order valence-corrected chi connectivity index (χ1v) is 13.6. The van der Waals surface area contributed by atoms with Gasteiger partial charge in [-0.15, -0.1) is 0 Å². The Labute approximate surface area is 244 Å². The van der Waals surface area contributed by atoms with E-state index in [4.69, 9.17) is 46.7 Å². The SMILES string of the molecule is [2H]C([2H])([2H])Oc1cc([C@@H]2c3cc4c(cc3C(O[C@@H]3OC5COC(C)O[C@H]5[C@H](O)[C@@H]3O)C3COC(=O)[C@@H]32)OCO4)cc(OC)c1O. The molecule has 0 aromatic heterocycles. The normalized spacial score (nSPS) is 37.8. The lowest BCUT2D eigenvalue weighted by atomic mass is 9.66. The molecule has 4 heterocycles. The summed E-state index contributed by atoms with van der Waals surface area (Å²) in [5.74, 6) is -2.93. The Bertz CT molecular complexity index is 1480. The van der Waals surface area contributed by atoms with Crippen LogP contribution in [0.2, 0.25) is 0 Å².